The minimum absolute atomic E-state index is 0.718. The van der Waals surface area contributed by atoms with Crippen molar-refractivity contribution < 1.29 is 0 Å². The molecule has 0 rings (SSSR count). The van der Waals surface area contributed by atoms with Gasteiger partial charge in [0.25, 0.3) is 0 Å². The Hall–Kier alpha value is -0.263. The van der Waals surface area contributed by atoms with Crippen LogP contribution in [0.1, 0.15) is 0 Å². The first kappa shape index (κ1) is 7.74. The van der Waals surface area contributed by atoms with E-state index in [2.05, 4.69) is 30.5 Å². The standard InChI is InChI=1S/C6H13NSi/c1-5-6-7-8(2,3)4/h1,7H,6H2,2-4H3. The van der Waals surface area contributed by atoms with Crippen LogP contribution in [0.25, 0.3) is 0 Å². The summed E-state index contributed by atoms with van der Waals surface area (Å²) in [7, 11) is -1.07. The molecule has 46 valence electrons. The Bertz CT molecular complexity index is 96.1. The second-order valence-corrected chi connectivity index (χ2v) is 7.66. The van der Waals surface area contributed by atoms with Crippen molar-refractivity contribution in [1.82, 2.24) is 4.98 Å². The monoisotopic (exact) mass is 127 g/mol. The molecule has 0 amide bonds. The van der Waals surface area contributed by atoms with E-state index in [0.717, 1.165) is 6.54 Å². The summed E-state index contributed by atoms with van der Waals surface area (Å²) in [6.45, 7) is 7.40. The second-order valence-electron chi connectivity index (χ2n) is 2.81. The number of rotatable bonds is 2. The van der Waals surface area contributed by atoms with Crippen molar-refractivity contribution in [2.45, 2.75) is 19.6 Å². The van der Waals surface area contributed by atoms with Gasteiger partial charge in [0.1, 0.15) is 8.24 Å². The molecule has 8 heavy (non-hydrogen) atoms. The number of nitrogens with one attached hydrogen (secondary N) is 1. The number of terminal acetylenes is 1. The first-order valence-corrected chi connectivity index (χ1v) is 6.25. The van der Waals surface area contributed by atoms with Crippen LogP contribution in [0.15, 0.2) is 0 Å². The van der Waals surface area contributed by atoms with E-state index in [-0.39, 0.29) is 0 Å². The van der Waals surface area contributed by atoms with Crippen molar-refractivity contribution in [3.8, 4) is 12.3 Å². The lowest BCUT2D eigenvalue weighted by molar-refractivity contribution is 1.06. The first-order valence-electron chi connectivity index (χ1n) is 2.75. The van der Waals surface area contributed by atoms with Crippen LogP contribution < -0.4 is 4.98 Å². The van der Waals surface area contributed by atoms with Gasteiger partial charge in [0, 0.05) is 0 Å². The van der Waals surface area contributed by atoms with Crippen LogP contribution in [0.3, 0.4) is 0 Å². The summed E-state index contributed by atoms with van der Waals surface area (Å²) >= 11 is 0. The average Bonchev–Trinajstić information content (AvgIpc) is 1.59. The molecular weight excluding hydrogens is 114 g/mol. The number of hydrogen-bond donors (Lipinski definition) is 1. The lowest BCUT2D eigenvalue weighted by atomic mass is 10.7. The molecule has 0 atom stereocenters. The van der Waals surface area contributed by atoms with Gasteiger partial charge in [0.05, 0.1) is 6.54 Å². The average molecular weight is 127 g/mol. The third kappa shape index (κ3) is 5.74. The molecule has 0 aromatic carbocycles. The predicted molar refractivity (Wildman–Crippen MR) is 40.2 cm³/mol. The van der Waals surface area contributed by atoms with Gasteiger partial charge in [-0.15, -0.1) is 6.42 Å². The highest BCUT2D eigenvalue weighted by atomic mass is 28.3. The third-order valence-electron chi connectivity index (χ3n) is 0.721. The highest BCUT2D eigenvalue weighted by Crippen LogP contribution is 1.91. The fourth-order valence-corrected chi connectivity index (χ4v) is 0.949. The molecular formula is C6H13NSi. The molecule has 0 aliphatic rings. The van der Waals surface area contributed by atoms with Gasteiger partial charge in [-0.05, 0) is 0 Å². The summed E-state index contributed by atoms with van der Waals surface area (Å²) in [5.41, 5.74) is 0. The van der Waals surface area contributed by atoms with Gasteiger partial charge in [-0.25, -0.2) is 0 Å². The molecule has 1 N–H and O–H groups in total. The summed E-state index contributed by atoms with van der Waals surface area (Å²) in [6, 6.07) is 0. The van der Waals surface area contributed by atoms with E-state index in [1.165, 1.54) is 0 Å². The minimum atomic E-state index is -1.07. The summed E-state index contributed by atoms with van der Waals surface area (Å²) in [6.07, 6.45) is 5.05. The van der Waals surface area contributed by atoms with E-state index in [9.17, 15) is 0 Å². The molecule has 0 spiro atoms. The van der Waals surface area contributed by atoms with E-state index < -0.39 is 8.24 Å². The molecule has 0 unspecified atom stereocenters. The van der Waals surface area contributed by atoms with Crippen LogP contribution >= 0.6 is 0 Å². The summed E-state index contributed by atoms with van der Waals surface area (Å²) < 4.78 is 0. The van der Waals surface area contributed by atoms with Crippen LogP contribution in [0, 0.1) is 12.3 Å². The zero-order valence-corrected chi connectivity index (χ0v) is 6.78. The normalized spacial score (nSPS) is 10.8. The summed E-state index contributed by atoms with van der Waals surface area (Å²) in [5.74, 6) is 2.55. The van der Waals surface area contributed by atoms with Gasteiger partial charge in [-0.2, -0.15) is 0 Å². The summed E-state index contributed by atoms with van der Waals surface area (Å²) in [5, 5.41) is 0. The van der Waals surface area contributed by atoms with Gasteiger partial charge in [-0.1, -0.05) is 25.6 Å². The molecule has 0 aliphatic heterocycles. The largest absolute Gasteiger partial charge is 0.327 e. The van der Waals surface area contributed by atoms with E-state index >= 15 is 0 Å². The fourth-order valence-electron chi connectivity index (χ4n) is 0.316. The first-order chi connectivity index (χ1) is 3.56. The van der Waals surface area contributed by atoms with Gasteiger partial charge in [-0.3, -0.25) is 0 Å². The lowest BCUT2D eigenvalue weighted by Gasteiger charge is -2.14. The van der Waals surface area contributed by atoms with Gasteiger partial charge >= 0.3 is 0 Å². The zero-order chi connectivity index (χ0) is 6.62. The molecule has 0 aromatic rings. The van der Waals surface area contributed by atoms with Crippen LogP contribution in [0.2, 0.25) is 19.6 Å². The Morgan fingerprint density at radius 2 is 2.00 bits per heavy atom. The quantitative estimate of drug-likeness (QED) is 0.432. The van der Waals surface area contributed by atoms with Crippen LogP contribution in [0.4, 0.5) is 0 Å². The Kier molecular flexibility index (Phi) is 2.81. The van der Waals surface area contributed by atoms with Crippen LogP contribution in [-0.4, -0.2) is 14.8 Å². The minimum Gasteiger partial charge on any atom is -0.327 e. The fraction of sp³-hybridized carbons (Fsp3) is 0.667. The topological polar surface area (TPSA) is 12.0 Å². The predicted octanol–water partition coefficient (Wildman–Crippen LogP) is 1.04. The highest BCUT2D eigenvalue weighted by molar-refractivity contribution is 6.73. The second kappa shape index (κ2) is 2.90. The Labute approximate surface area is 52.6 Å². The van der Waals surface area contributed by atoms with Gasteiger partial charge in [0.15, 0.2) is 0 Å². The molecule has 0 saturated heterocycles. The molecule has 2 heteroatoms. The Morgan fingerprint density at radius 1 is 1.50 bits per heavy atom. The van der Waals surface area contributed by atoms with Crippen molar-refractivity contribution in [2.75, 3.05) is 6.54 Å². The molecule has 0 aromatic heterocycles. The van der Waals surface area contributed by atoms with Crippen molar-refractivity contribution in [3.05, 3.63) is 0 Å². The van der Waals surface area contributed by atoms with E-state index in [1.54, 1.807) is 0 Å². The molecule has 0 aliphatic carbocycles. The molecule has 0 saturated carbocycles. The molecule has 0 bridgehead atoms. The third-order valence-corrected chi connectivity index (χ3v) is 1.96. The molecule has 0 radical (unpaired) electrons. The SMILES string of the molecule is C#CCN[Si](C)(C)C. The number of hydrogen-bond acceptors (Lipinski definition) is 1. The van der Waals surface area contributed by atoms with E-state index in [1.807, 2.05) is 0 Å². The van der Waals surface area contributed by atoms with Crippen molar-refractivity contribution >= 4 is 8.24 Å². The molecule has 1 nitrogen and oxygen atoms in total. The van der Waals surface area contributed by atoms with Gasteiger partial charge in [0.2, 0.25) is 0 Å². The maximum atomic E-state index is 5.05. The summed E-state index contributed by atoms with van der Waals surface area (Å²) in [4.78, 5) is 3.27. The van der Waals surface area contributed by atoms with Crippen molar-refractivity contribution in [2.24, 2.45) is 0 Å². The smallest absolute Gasteiger partial charge is 0.117 e. The van der Waals surface area contributed by atoms with Gasteiger partial charge < -0.3 is 4.98 Å². The Morgan fingerprint density at radius 3 is 2.12 bits per heavy atom. The lowest BCUT2D eigenvalue weighted by Crippen LogP contribution is -2.41. The van der Waals surface area contributed by atoms with E-state index in [0.29, 0.717) is 0 Å². The molecule has 0 fully saturated rings. The highest BCUT2D eigenvalue weighted by Gasteiger charge is 2.09. The maximum Gasteiger partial charge on any atom is 0.117 e. The van der Waals surface area contributed by atoms with Crippen molar-refractivity contribution in [3.63, 3.8) is 0 Å². The zero-order valence-electron chi connectivity index (χ0n) is 5.78. The Balaban J connectivity index is 3.28. The maximum absolute atomic E-state index is 5.05. The van der Waals surface area contributed by atoms with Crippen molar-refractivity contribution in [1.29, 1.82) is 0 Å². The van der Waals surface area contributed by atoms with E-state index in [4.69, 9.17) is 6.42 Å². The van der Waals surface area contributed by atoms with Crippen LogP contribution in [-0.2, 0) is 0 Å². The van der Waals surface area contributed by atoms with Crippen LogP contribution in [0.5, 0.6) is 0 Å². The molecule has 0 heterocycles.